The monoisotopic (exact) mass is 338 g/mol. The lowest BCUT2D eigenvalue weighted by Crippen LogP contribution is -2.10. The van der Waals surface area contributed by atoms with Gasteiger partial charge in [0.2, 0.25) is 6.79 Å². The molecule has 1 aliphatic heterocycles. The smallest absolute Gasteiger partial charge is 0.347 e. The maximum atomic E-state index is 13.6. The van der Waals surface area contributed by atoms with Crippen molar-refractivity contribution in [1.82, 2.24) is 0 Å². The summed E-state index contributed by atoms with van der Waals surface area (Å²) >= 11 is 3.13. The Bertz CT molecular complexity index is 687. The highest BCUT2D eigenvalue weighted by atomic mass is 79.9. The third-order valence-corrected chi connectivity index (χ3v) is 3.21. The average Bonchev–Trinajstić information content (AvgIpc) is 2.90. The molecule has 0 unspecified atom stereocenters. The number of carbonyl (C=O) groups is 1. The van der Waals surface area contributed by atoms with Crippen molar-refractivity contribution in [3.05, 3.63) is 52.3 Å². The van der Waals surface area contributed by atoms with Gasteiger partial charge in [-0.15, -0.1) is 0 Å². The number of ether oxygens (including phenoxy) is 3. The van der Waals surface area contributed by atoms with Crippen LogP contribution in [0.15, 0.2) is 40.9 Å². The molecule has 0 saturated heterocycles. The van der Waals surface area contributed by atoms with Gasteiger partial charge in [-0.05, 0) is 30.3 Å². The first-order valence-corrected chi connectivity index (χ1v) is 6.50. The van der Waals surface area contributed by atoms with Crippen LogP contribution in [0.5, 0.6) is 17.2 Å². The zero-order valence-corrected chi connectivity index (χ0v) is 11.6. The van der Waals surface area contributed by atoms with Crippen LogP contribution in [-0.2, 0) is 0 Å². The zero-order valence-electron chi connectivity index (χ0n) is 10.1. The summed E-state index contributed by atoms with van der Waals surface area (Å²) in [5.74, 6) is -0.688. The Labute approximate surface area is 122 Å². The van der Waals surface area contributed by atoms with E-state index in [0.29, 0.717) is 16.0 Å². The van der Waals surface area contributed by atoms with E-state index in [1.54, 1.807) is 18.2 Å². The van der Waals surface area contributed by atoms with E-state index in [0.717, 1.165) is 0 Å². The van der Waals surface area contributed by atoms with Crippen molar-refractivity contribution >= 4 is 21.9 Å². The van der Waals surface area contributed by atoms with Crippen LogP contribution in [-0.4, -0.2) is 12.8 Å². The predicted octanol–water partition coefficient (Wildman–Crippen LogP) is 3.54. The first-order valence-electron chi connectivity index (χ1n) is 5.71. The van der Waals surface area contributed by atoms with Crippen molar-refractivity contribution in [2.24, 2.45) is 0 Å². The van der Waals surface area contributed by atoms with E-state index in [1.165, 1.54) is 18.2 Å². The Balaban J connectivity index is 1.89. The van der Waals surface area contributed by atoms with Crippen molar-refractivity contribution < 1.29 is 23.4 Å². The highest BCUT2D eigenvalue weighted by molar-refractivity contribution is 9.10. The predicted molar refractivity (Wildman–Crippen MR) is 71.6 cm³/mol. The molecule has 0 atom stereocenters. The van der Waals surface area contributed by atoms with E-state index < -0.39 is 11.8 Å². The number of rotatable bonds is 2. The lowest BCUT2D eigenvalue weighted by molar-refractivity contribution is 0.0723. The van der Waals surface area contributed by atoms with Gasteiger partial charge in [-0.2, -0.15) is 0 Å². The molecule has 0 fully saturated rings. The SMILES string of the molecule is O=C(Oc1ccc(Br)cc1F)c1cccc2c1OCO2. The minimum Gasteiger partial charge on any atom is -0.454 e. The largest absolute Gasteiger partial charge is 0.454 e. The molecule has 6 heteroatoms. The first-order chi connectivity index (χ1) is 9.65. The molecule has 1 aliphatic rings. The molecule has 1 heterocycles. The Kier molecular flexibility index (Phi) is 3.31. The molecule has 0 radical (unpaired) electrons. The van der Waals surface area contributed by atoms with E-state index in [4.69, 9.17) is 14.2 Å². The molecular weight excluding hydrogens is 331 g/mol. The molecule has 0 N–H and O–H groups in total. The highest BCUT2D eigenvalue weighted by Crippen LogP contribution is 2.36. The van der Waals surface area contributed by atoms with Crippen molar-refractivity contribution in [2.45, 2.75) is 0 Å². The van der Waals surface area contributed by atoms with Gasteiger partial charge in [0, 0.05) is 4.47 Å². The summed E-state index contributed by atoms with van der Waals surface area (Å²) in [6.07, 6.45) is 0. The van der Waals surface area contributed by atoms with Crippen LogP contribution in [0, 0.1) is 5.82 Å². The summed E-state index contributed by atoms with van der Waals surface area (Å²) in [6.45, 7) is 0.0479. The van der Waals surface area contributed by atoms with Gasteiger partial charge in [-0.3, -0.25) is 0 Å². The van der Waals surface area contributed by atoms with Gasteiger partial charge in [0.05, 0.1) is 0 Å². The molecule has 0 aliphatic carbocycles. The molecule has 0 spiro atoms. The lowest BCUT2D eigenvalue weighted by atomic mass is 10.2. The van der Waals surface area contributed by atoms with Gasteiger partial charge >= 0.3 is 5.97 Å². The maximum Gasteiger partial charge on any atom is 0.347 e. The minimum atomic E-state index is -0.700. The zero-order chi connectivity index (χ0) is 14.1. The molecule has 0 aromatic heterocycles. The first kappa shape index (κ1) is 12.9. The molecular formula is C14H8BrFO4. The van der Waals surface area contributed by atoms with Crippen molar-refractivity contribution in [1.29, 1.82) is 0 Å². The van der Waals surface area contributed by atoms with E-state index in [-0.39, 0.29) is 18.1 Å². The number of carbonyl (C=O) groups excluding carboxylic acids is 1. The topological polar surface area (TPSA) is 44.8 Å². The van der Waals surface area contributed by atoms with Gasteiger partial charge in [0.25, 0.3) is 0 Å². The molecule has 20 heavy (non-hydrogen) atoms. The molecule has 102 valence electrons. The van der Waals surface area contributed by atoms with Crippen LogP contribution in [0.4, 0.5) is 4.39 Å². The molecule has 2 aromatic carbocycles. The van der Waals surface area contributed by atoms with E-state index in [9.17, 15) is 9.18 Å². The molecule has 0 amide bonds. The van der Waals surface area contributed by atoms with Gasteiger partial charge in [0.1, 0.15) is 5.56 Å². The number of hydrogen-bond donors (Lipinski definition) is 0. The quantitative estimate of drug-likeness (QED) is 0.620. The molecule has 0 saturated carbocycles. The van der Waals surface area contributed by atoms with Gasteiger partial charge in [-0.1, -0.05) is 22.0 Å². The Hall–Kier alpha value is -2.08. The highest BCUT2D eigenvalue weighted by Gasteiger charge is 2.23. The van der Waals surface area contributed by atoms with Crippen molar-refractivity contribution in [3.8, 4) is 17.2 Å². The Morgan fingerprint density at radius 3 is 2.90 bits per heavy atom. The van der Waals surface area contributed by atoms with Crippen molar-refractivity contribution in [2.75, 3.05) is 6.79 Å². The van der Waals surface area contributed by atoms with Gasteiger partial charge in [-0.25, -0.2) is 9.18 Å². The van der Waals surface area contributed by atoms with Gasteiger partial charge in [0.15, 0.2) is 23.1 Å². The van der Waals surface area contributed by atoms with E-state index in [1.807, 2.05) is 0 Å². The molecule has 4 nitrogen and oxygen atoms in total. The number of para-hydroxylation sites is 1. The van der Waals surface area contributed by atoms with Crippen LogP contribution in [0.1, 0.15) is 10.4 Å². The number of esters is 1. The summed E-state index contributed by atoms with van der Waals surface area (Å²) in [5.41, 5.74) is 0.197. The summed E-state index contributed by atoms with van der Waals surface area (Å²) in [4.78, 5) is 12.1. The van der Waals surface area contributed by atoms with Crippen LogP contribution >= 0.6 is 15.9 Å². The lowest BCUT2D eigenvalue weighted by Gasteiger charge is -2.07. The summed E-state index contributed by atoms with van der Waals surface area (Å²) in [5, 5.41) is 0. The molecule has 3 rings (SSSR count). The summed E-state index contributed by atoms with van der Waals surface area (Å²) in [7, 11) is 0. The Morgan fingerprint density at radius 2 is 2.10 bits per heavy atom. The maximum absolute atomic E-state index is 13.6. The Morgan fingerprint density at radius 1 is 1.25 bits per heavy atom. The van der Waals surface area contributed by atoms with Crippen LogP contribution in [0.2, 0.25) is 0 Å². The van der Waals surface area contributed by atoms with Crippen molar-refractivity contribution in [3.63, 3.8) is 0 Å². The number of hydrogen-bond acceptors (Lipinski definition) is 4. The fraction of sp³-hybridized carbons (Fsp3) is 0.0714. The number of halogens is 2. The van der Waals surface area contributed by atoms with Crippen LogP contribution < -0.4 is 14.2 Å². The third kappa shape index (κ3) is 2.34. The minimum absolute atomic E-state index is 0.0479. The second-order valence-corrected chi connectivity index (χ2v) is 4.92. The standard InChI is InChI=1S/C14H8BrFO4/c15-8-4-5-11(10(16)6-8)20-14(17)9-2-1-3-12-13(9)19-7-18-12/h1-6H,7H2. The molecule has 0 bridgehead atoms. The third-order valence-electron chi connectivity index (χ3n) is 2.71. The van der Waals surface area contributed by atoms with Crippen LogP contribution in [0.25, 0.3) is 0 Å². The summed E-state index contributed by atoms with van der Waals surface area (Å²) in [6, 6.07) is 9.03. The second kappa shape index (κ2) is 5.13. The summed E-state index contributed by atoms with van der Waals surface area (Å²) < 4.78 is 29.6. The number of benzene rings is 2. The molecule has 2 aromatic rings. The number of fused-ring (bicyclic) bond motifs is 1. The fourth-order valence-corrected chi connectivity index (χ4v) is 2.14. The normalized spacial score (nSPS) is 12.3. The average molecular weight is 339 g/mol. The van der Waals surface area contributed by atoms with E-state index in [2.05, 4.69) is 15.9 Å². The fourth-order valence-electron chi connectivity index (χ4n) is 1.80. The van der Waals surface area contributed by atoms with E-state index >= 15 is 0 Å². The van der Waals surface area contributed by atoms with Crippen LogP contribution in [0.3, 0.4) is 0 Å². The second-order valence-electron chi connectivity index (χ2n) is 4.00. The van der Waals surface area contributed by atoms with Gasteiger partial charge < -0.3 is 14.2 Å².